The van der Waals surface area contributed by atoms with E-state index in [9.17, 15) is 0 Å². The average Bonchev–Trinajstić information content (AvgIpc) is 2.29. The SMILES string of the molecule is CN1CCC(C2(C(C)(C)N)COC2)C1. The maximum Gasteiger partial charge on any atom is 0.0565 e. The second-order valence-electron chi connectivity index (χ2n) is 5.62. The molecule has 0 amide bonds. The van der Waals surface area contributed by atoms with Gasteiger partial charge >= 0.3 is 0 Å². The van der Waals surface area contributed by atoms with Gasteiger partial charge in [-0.15, -0.1) is 0 Å². The van der Waals surface area contributed by atoms with Crippen molar-refractivity contribution in [2.45, 2.75) is 25.8 Å². The number of nitrogens with two attached hydrogens (primary N) is 1. The van der Waals surface area contributed by atoms with Crippen LogP contribution in [0.2, 0.25) is 0 Å². The summed E-state index contributed by atoms with van der Waals surface area (Å²) in [6, 6.07) is 0. The van der Waals surface area contributed by atoms with E-state index >= 15 is 0 Å². The predicted octanol–water partition coefficient (Wildman–Crippen LogP) is 0.692. The topological polar surface area (TPSA) is 38.5 Å². The molecule has 1 atom stereocenters. The molecule has 1 unspecified atom stereocenters. The van der Waals surface area contributed by atoms with E-state index in [-0.39, 0.29) is 11.0 Å². The molecule has 0 saturated carbocycles. The van der Waals surface area contributed by atoms with E-state index in [0.717, 1.165) is 19.1 Å². The average molecular weight is 198 g/mol. The van der Waals surface area contributed by atoms with Crippen LogP contribution in [0.4, 0.5) is 0 Å². The Morgan fingerprint density at radius 2 is 2.07 bits per heavy atom. The zero-order valence-electron chi connectivity index (χ0n) is 9.55. The standard InChI is InChI=1S/C11H22N2O/c1-10(2,12)11(7-14-8-11)9-4-5-13(3)6-9/h9H,4-8,12H2,1-3H3. The predicted molar refractivity (Wildman–Crippen MR) is 57.1 cm³/mol. The summed E-state index contributed by atoms with van der Waals surface area (Å²) in [4.78, 5) is 2.40. The van der Waals surface area contributed by atoms with Gasteiger partial charge in [-0.2, -0.15) is 0 Å². The number of ether oxygens (including phenoxy) is 1. The highest BCUT2D eigenvalue weighted by atomic mass is 16.5. The minimum Gasteiger partial charge on any atom is -0.380 e. The third kappa shape index (κ3) is 1.38. The molecule has 0 radical (unpaired) electrons. The summed E-state index contributed by atoms with van der Waals surface area (Å²) in [5, 5.41) is 0. The van der Waals surface area contributed by atoms with E-state index in [2.05, 4.69) is 25.8 Å². The van der Waals surface area contributed by atoms with Crippen LogP contribution >= 0.6 is 0 Å². The molecule has 0 bridgehead atoms. The van der Waals surface area contributed by atoms with E-state index < -0.39 is 0 Å². The molecule has 2 N–H and O–H groups in total. The van der Waals surface area contributed by atoms with Crippen molar-refractivity contribution in [2.75, 3.05) is 33.4 Å². The molecular formula is C11H22N2O. The van der Waals surface area contributed by atoms with Gasteiger partial charge in [0.2, 0.25) is 0 Å². The highest BCUT2D eigenvalue weighted by Crippen LogP contribution is 2.47. The largest absolute Gasteiger partial charge is 0.380 e. The van der Waals surface area contributed by atoms with Crippen LogP contribution in [0.1, 0.15) is 20.3 Å². The van der Waals surface area contributed by atoms with Gasteiger partial charge in [0, 0.05) is 17.5 Å². The van der Waals surface area contributed by atoms with Gasteiger partial charge in [-0.05, 0) is 39.8 Å². The highest BCUT2D eigenvalue weighted by Gasteiger charge is 2.55. The van der Waals surface area contributed by atoms with E-state index in [4.69, 9.17) is 10.5 Å². The molecule has 2 aliphatic rings. The molecule has 0 aromatic carbocycles. The first-order valence-corrected chi connectivity index (χ1v) is 5.51. The molecule has 14 heavy (non-hydrogen) atoms. The molecule has 0 aliphatic carbocycles. The van der Waals surface area contributed by atoms with Crippen molar-refractivity contribution in [3.05, 3.63) is 0 Å². The third-order valence-electron chi connectivity index (χ3n) is 4.18. The fourth-order valence-corrected chi connectivity index (χ4v) is 2.84. The second-order valence-corrected chi connectivity index (χ2v) is 5.62. The highest BCUT2D eigenvalue weighted by molar-refractivity contribution is 5.06. The fraction of sp³-hybridized carbons (Fsp3) is 1.00. The molecule has 3 nitrogen and oxygen atoms in total. The second kappa shape index (κ2) is 3.19. The van der Waals surface area contributed by atoms with Gasteiger partial charge in [-0.1, -0.05) is 0 Å². The normalized spacial score (nSPS) is 33.0. The first-order valence-electron chi connectivity index (χ1n) is 5.51. The van der Waals surface area contributed by atoms with Gasteiger partial charge < -0.3 is 15.4 Å². The van der Waals surface area contributed by atoms with E-state index in [1.54, 1.807) is 0 Å². The van der Waals surface area contributed by atoms with E-state index in [0.29, 0.717) is 0 Å². The van der Waals surface area contributed by atoms with Crippen LogP contribution in [0.5, 0.6) is 0 Å². The lowest BCUT2D eigenvalue weighted by atomic mass is 9.62. The number of rotatable bonds is 2. The summed E-state index contributed by atoms with van der Waals surface area (Å²) in [6.45, 7) is 8.40. The van der Waals surface area contributed by atoms with Crippen LogP contribution in [0.3, 0.4) is 0 Å². The minimum absolute atomic E-state index is 0.110. The van der Waals surface area contributed by atoms with Crippen molar-refractivity contribution in [3.63, 3.8) is 0 Å². The van der Waals surface area contributed by atoms with Gasteiger partial charge in [0.05, 0.1) is 13.2 Å². The summed E-state index contributed by atoms with van der Waals surface area (Å²) >= 11 is 0. The molecule has 0 aromatic heterocycles. The van der Waals surface area contributed by atoms with Crippen LogP contribution in [0, 0.1) is 11.3 Å². The lowest BCUT2D eigenvalue weighted by Gasteiger charge is -2.54. The van der Waals surface area contributed by atoms with Gasteiger partial charge in [0.25, 0.3) is 0 Å². The minimum atomic E-state index is -0.110. The van der Waals surface area contributed by atoms with E-state index in [1.807, 2.05) is 0 Å². The summed E-state index contributed by atoms with van der Waals surface area (Å²) in [5.41, 5.74) is 6.43. The molecule has 2 fully saturated rings. The van der Waals surface area contributed by atoms with Crippen LogP contribution in [-0.4, -0.2) is 43.8 Å². The Bertz CT molecular complexity index is 218. The lowest BCUT2D eigenvalue weighted by molar-refractivity contribution is -0.176. The quantitative estimate of drug-likeness (QED) is 0.709. The van der Waals surface area contributed by atoms with Crippen molar-refractivity contribution in [1.29, 1.82) is 0 Å². The van der Waals surface area contributed by atoms with Gasteiger partial charge in [0.15, 0.2) is 0 Å². The molecule has 2 rings (SSSR count). The Kier molecular flexibility index (Phi) is 2.37. The summed E-state index contributed by atoms with van der Waals surface area (Å²) in [5.74, 6) is 0.723. The van der Waals surface area contributed by atoms with Crippen molar-refractivity contribution < 1.29 is 4.74 Å². The smallest absolute Gasteiger partial charge is 0.0565 e. The molecule has 3 heteroatoms. The maximum atomic E-state index is 6.30. The third-order valence-corrected chi connectivity index (χ3v) is 4.18. The van der Waals surface area contributed by atoms with Crippen LogP contribution < -0.4 is 5.73 Å². The van der Waals surface area contributed by atoms with Crippen molar-refractivity contribution in [1.82, 2.24) is 4.90 Å². The van der Waals surface area contributed by atoms with Crippen LogP contribution in [0.15, 0.2) is 0 Å². The fourth-order valence-electron chi connectivity index (χ4n) is 2.84. The molecule has 2 heterocycles. The summed E-state index contributed by atoms with van der Waals surface area (Å²) in [6.07, 6.45) is 1.28. The molecule has 82 valence electrons. The number of hydrogen-bond acceptors (Lipinski definition) is 3. The number of nitrogens with zero attached hydrogens (tertiary/aromatic N) is 1. The number of hydrogen-bond donors (Lipinski definition) is 1. The molecular weight excluding hydrogens is 176 g/mol. The van der Waals surface area contributed by atoms with Crippen LogP contribution in [-0.2, 0) is 4.74 Å². The maximum absolute atomic E-state index is 6.30. The first-order chi connectivity index (χ1) is 6.46. The molecule has 2 saturated heterocycles. The van der Waals surface area contributed by atoms with Crippen molar-refractivity contribution >= 4 is 0 Å². The van der Waals surface area contributed by atoms with Crippen molar-refractivity contribution in [2.24, 2.45) is 17.1 Å². The van der Waals surface area contributed by atoms with Gasteiger partial charge in [-0.25, -0.2) is 0 Å². The number of likely N-dealkylation sites (tertiary alicyclic amines) is 1. The Morgan fingerprint density at radius 1 is 1.43 bits per heavy atom. The molecule has 0 aromatic rings. The Balaban J connectivity index is 2.13. The molecule has 2 aliphatic heterocycles. The zero-order chi connectivity index (χ0) is 10.4. The Morgan fingerprint density at radius 3 is 2.36 bits per heavy atom. The molecule has 0 spiro atoms. The lowest BCUT2D eigenvalue weighted by Crippen LogP contribution is -2.65. The monoisotopic (exact) mass is 198 g/mol. The van der Waals surface area contributed by atoms with E-state index in [1.165, 1.54) is 19.5 Å². The van der Waals surface area contributed by atoms with Crippen molar-refractivity contribution in [3.8, 4) is 0 Å². The first kappa shape index (κ1) is 10.4. The van der Waals surface area contributed by atoms with Gasteiger partial charge in [0.1, 0.15) is 0 Å². The summed E-state index contributed by atoms with van der Waals surface area (Å²) in [7, 11) is 2.19. The summed E-state index contributed by atoms with van der Waals surface area (Å²) < 4.78 is 5.41. The van der Waals surface area contributed by atoms with Crippen LogP contribution in [0.25, 0.3) is 0 Å². The Labute approximate surface area is 86.6 Å². The zero-order valence-corrected chi connectivity index (χ0v) is 9.55. The van der Waals surface area contributed by atoms with Gasteiger partial charge in [-0.3, -0.25) is 0 Å². The Hall–Kier alpha value is -0.120.